The fourth-order valence-corrected chi connectivity index (χ4v) is 5.06. The first kappa shape index (κ1) is 26.3. The fourth-order valence-electron chi connectivity index (χ4n) is 4.22. The molecular formula is C24H39N3O4S. The molecule has 1 heterocycles. The van der Waals surface area contributed by atoms with Crippen LogP contribution in [0.3, 0.4) is 0 Å². The van der Waals surface area contributed by atoms with E-state index in [1.54, 1.807) is 10.3 Å². The topological polar surface area (TPSA) is 88.6 Å². The van der Waals surface area contributed by atoms with Crippen LogP contribution in [-0.2, 0) is 14.3 Å². The quantitative estimate of drug-likeness (QED) is 0.505. The summed E-state index contributed by atoms with van der Waals surface area (Å²) in [5.74, 6) is -0.0657. The lowest BCUT2D eigenvalue weighted by atomic mass is 9.95. The van der Waals surface area contributed by atoms with Gasteiger partial charge in [0.05, 0.1) is 0 Å². The number of amides is 2. The number of thiazole rings is 1. The van der Waals surface area contributed by atoms with E-state index >= 15 is 0 Å². The molecule has 1 aromatic rings. The van der Waals surface area contributed by atoms with E-state index in [-0.39, 0.29) is 35.7 Å². The highest BCUT2D eigenvalue weighted by Crippen LogP contribution is 2.31. The van der Waals surface area contributed by atoms with Crippen LogP contribution in [0.4, 0.5) is 0 Å². The van der Waals surface area contributed by atoms with E-state index in [0.717, 1.165) is 25.7 Å². The van der Waals surface area contributed by atoms with E-state index in [4.69, 9.17) is 4.74 Å². The summed E-state index contributed by atoms with van der Waals surface area (Å²) in [6.45, 7) is 9.52. The van der Waals surface area contributed by atoms with Gasteiger partial charge in [-0.05, 0) is 24.7 Å². The highest BCUT2D eigenvalue weighted by Gasteiger charge is 2.31. The number of aromatic nitrogens is 1. The summed E-state index contributed by atoms with van der Waals surface area (Å²) in [4.78, 5) is 43.5. The number of carbonyl (C=O) groups is 3. The van der Waals surface area contributed by atoms with Gasteiger partial charge in [-0.3, -0.25) is 14.4 Å². The molecule has 0 spiro atoms. The Bertz CT molecular complexity index is 771. The van der Waals surface area contributed by atoms with Crippen molar-refractivity contribution in [2.75, 3.05) is 7.05 Å². The summed E-state index contributed by atoms with van der Waals surface area (Å²) in [5, 5.41) is 5.39. The number of esters is 1. The number of ether oxygens (including phenoxy) is 1. The van der Waals surface area contributed by atoms with Crippen LogP contribution in [0.25, 0.3) is 0 Å². The van der Waals surface area contributed by atoms with Crippen LogP contribution in [0.5, 0.6) is 0 Å². The van der Waals surface area contributed by atoms with Gasteiger partial charge < -0.3 is 15.0 Å². The van der Waals surface area contributed by atoms with Crippen molar-refractivity contribution in [3.63, 3.8) is 0 Å². The zero-order chi connectivity index (χ0) is 23.8. The van der Waals surface area contributed by atoms with Crippen LogP contribution in [0.1, 0.15) is 101 Å². The van der Waals surface area contributed by atoms with Crippen molar-refractivity contribution in [1.82, 2.24) is 15.2 Å². The zero-order valence-electron chi connectivity index (χ0n) is 20.3. The highest BCUT2D eigenvalue weighted by atomic mass is 32.1. The van der Waals surface area contributed by atoms with Gasteiger partial charge in [-0.2, -0.15) is 0 Å². The van der Waals surface area contributed by atoms with Gasteiger partial charge in [0.15, 0.2) is 6.10 Å². The van der Waals surface area contributed by atoms with Crippen molar-refractivity contribution in [3.05, 3.63) is 16.1 Å². The number of carbonyl (C=O) groups excluding carboxylic acids is 3. The molecule has 0 bridgehead atoms. The maximum atomic E-state index is 12.7. The van der Waals surface area contributed by atoms with Crippen LogP contribution in [0.2, 0.25) is 0 Å². The molecule has 2 atom stereocenters. The number of rotatable bonds is 10. The van der Waals surface area contributed by atoms with Crippen molar-refractivity contribution in [1.29, 1.82) is 0 Å². The molecule has 1 aliphatic rings. The van der Waals surface area contributed by atoms with Crippen molar-refractivity contribution < 1.29 is 19.1 Å². The van der Waals surface area contributed by atoms with Gasteiger partial charge in [-0.1, -0.05) is 47.0 Å². The predicted molar refractivity (Wildman–Crippen MR) is 126 cm³/mol. The lowest BCUT2D eigenvalue weighted by molar-refractivity contribution is -0.148. The van der Waals surface area contributed by atoms with E-state index in [2.05, 4.69) is 24.1 Å². The van der Waals surface area contributed by atoms with Gasteiger partial charge in [0.25, 0.3) is 5.91 Å². The highest BCUT2D eigenvalue weighted by molar-refractivity contribution is 7.09. The second-order valence-electron chi connectivity index (χ2n) is 9.63. The van der Waals surface area contributed by atoms with E-state index in [9.17, 15) is 14.4 Å². The summed E-state index contributed by atoms with van der Waals surface area (Å²) in [6, 6.07) is 0.0885. The van der Waals surface area contributed by atoms with Crippen molar-refractivity contribution >= 4 is 29.1 Å². The predicted octanol–water partition coefficient (Wildman–Crippen LogP) is 4.73. The summed E-state index contributed by atoms with van der Waals surface area (Å²) in [6.07, 6.45) is 5.83. The Labute approximate surface area is 196 Å². The smallest absolute Gasteiger partial charge is 0.303 e. The molecule has 0 aliphatic heterocycles. The second kappa shape index (κ2) is 12.3. The van der Waals surface area contributed by atoms with E-state index in [1.165, 1.54) is 24.7 Å². The summed E-state index contributed by atoms with van der Waals surface area (Å²) < 4.78 is 5.61. The van der Waals surface area contributed by atoms with Crippen LogP contribution >= 0.6 is 11.3 Å². The lowest BCUT2D eigenvalue weighted by Gasteiger charge is -2.34. The molecule has 1 saturated carbocycles. The Morgan fingerprint density at radius 2 is 1.84 bits per heavy atom. The van der Waals surface area contributed by atoms with Crippen molar-refractivity contribution in [2.24, 2.45) is 11.8 Å². The molecule has 1 unspecified atom stereocenters. The molecule has 2 rings (SSSR count). The van der Waals surface area contributed by atoms with E-state index in [1.807, 2.05) is 20.9 Å². The molecule has 8 heteroatoms. The van der Waals surface area contributed by atoms with Gasteiger partial charge in [0.1, 0.15) is 10.7 Å². The minimum Gasteiger partial charge on any atom is -0.455 e. The molecule has 1 N–H and O–H groups in total. The summed E-state index contributed by atoms with van der Waals surface area (Å²) >= 11 is 1.32. The van der Waals surface area contributed by atoms with Crippen LogP contribution < -0.4 is 5.32 Å². The molecule has 0 aromatic carbocycles. The summed E-state index contributed by atoms with van der Waals surface area (Å²) in [7, 11) is 1.81. The van der Waals surface area contributed by atoms with E-state index < -0.39 is 12.1 Å². The minimum absolute atomic E-state index is 0.0759. The number of hydrogen-bond acceptors (Lipinski definition) is 6. The maximum absolute atomic E-state index is 12.7. The van der Waals surface area contributed by atoms with Crippen LogP contribution in [0.15, 0.2) is 5.38 Å². The monoisotopic (exact) mass is 465 g/mol. The molecule has 1 aromatic heterocycles. The third-order valence-electron chi connectivity index (χ3n) is 5.98. The Morgan fingerprint density at radius 1 is 1.19 bits per heavy atom. The first-order chi connectivity index (χ1) is 15.1. The molecule has 0 saturated heterocycles. The van der Waals surface area contributed by atoms with Crippen molar-refractivity contribution in [2.45, 2.75) is 97.8 Å². The SMILES string of the molecule is CC(=O)O[C@H](CC(C(C)C)N(C)C(=O)CC(C)C)c1nc(C(=O)NC2CCCCC2)cs1. The lowest BCUT2D eigenvalue weighted by Crippen LogP contribution is -2.42. The summed E-state index contributed by atoms with van der Waals surface area (Å²) in [5.41, 5.74) is 0.359. The molecule has 32 heavy (non-hydrogen) atoms. The third kappa shape index (κ3) is 7.87. The molecule has 0 radical (unpaired) electrons. The first-order valence-electron chi connectivity index (χ1n) is 11.8. The largest absolute Gasteiger partial charge is 0.455 e. The Hall–Kier alpha value is -1.96. The van der Waals surface area contributed by atoms with Gasteiger partial charge in [0.2, 0.25) is 5.91 Å². The molecular weight excluding hydrogens is 426 g/mol. The number of hydrogen-bond donors (Lipinski definition) is 1. The molecule has 2 amide bonds. The van der Waals surface area contributed by atoms with Gasteiger partial charge in [-0.15, -0.1) is 11.3 Å². The maximum Gasteiger partial charge on any atom is 0.303 e. The Kier molecular flexibility index (Phi) is 10.1. The average molecular weight is 466 g/mol. The molecule has 7 nitrogen and oxygen atoms in total. The molecule has 180 valence electrons. The standard InChI is InChI=1S/C24H39N3O4S/c1-15(2)12-22(29)27(6)20(16(3)4)13-21(31-17(5)28)24-26-19(14-32-24)23(30)25-18-10-8-7-9-11-18/h14-16,18,20-21H,7-13H2,1-6H3,(H,25,30)/t20?,21-/m1/s1. The average Bonchev–Trinajstić information content (AvgIpc) is 3.20. The van der Waals surface area contributed by atoms with Gasteiger partial charge >= 0.3 is 5.97 Å². The van der Waals surface area contributed by atoms with Gasteiger partial charge in [0, 0.05) is 44.3 Å². The number of nitrogens with zero attached hydrogens (tertiary/aromatic N) is 2. The minimum atomic E-state index is -0.601. The molecule has 1 aliphatic carbocycles. The fraction of sp³-hybridized carbons (Fsp3) is 0.750. The third-order valence-corrected chi connectivity index (χ3v) is 6.91. The second-order valence-corrected chi connectivity index (χ2v) is 10.5. The van der Waals surface area contributed by atoms with Crippen LogP contribution in [0, 0.1) is 11.8 Å². The molecule has 1 fully saturated rings. The Morgan fingerprint density at radius 3 is 2.41 bits per heavy atom. The number of nitrogens with one attached hydrogen (secondary N) is 1. The van der Waals surface area contributed by atoms with Gasteiger partial charge in [-0.25, -0.2) is 4.98 Å². The normalized spacial score (nSPS) is 16.6. The van der Waals surface area contributed by atoms with Crippen molar-refractivity contribution in [3.8, 4) is 0 Å². The Balaban J connectivity index is 2.15. The first-order valence-corrected chi connectivity index (χ1v) is 12.7. The van der Waals surface area contributed by atoms with E-state index in [0.29, 0.717) is 23.5 Å². The zero-order valence-corrected chi connectivity index (χ0v) is 21.2. The van der Waals surface area contributed by atoms with Crippen LogP contribution in [-0.4, -0.2) is 46.8 Å².